The second-order valence-corrected chi connectivity index (χ2v) is 2.28. The highest BCUT2D eigenvalue weighted by molar-refractivity contribution is 7.51. The van der Waals surface area contributed by atoms with Crippen molar-refractivity contribution in [3.8, 4) is 0 Å². The first-order valence-corrected chi connectivity index (χ1v) is 3.26. The van der Waals surface area contributed by atoms with Crippen LogP contribution in [0.4, 0.5) is 0 Å². The first kappa shape index (κ1) is 4.75. The van der Waals surface area contributed by atoms with Gasteiger partial charge in [0.25, 0.3) is 0 Å². The molecule has 0 fully saturated rings. The van der Waals surface area contributed by atoms with Gasteiger partial charge in [0.05, 0.1) is 0 Å². The molecule has 0 bridgehead atoms. The number of nitrogens with one attached hydrogen (secondary N) is 1. The van der Waals surface area contributed by atoms with Crippen molar-refractivity contribution in [1.29, 1.82) is 0 Å². The molecular formula is C3H6N3P. The Kier molecular flexibility index (Phi) is 1.39. The first-order chi connectivity index (χ1) is 3.39. The highest BCUT2D eigenvalue weighted by atomic mass is 31.1. The molecule has 1 rings (SSSR count). The number of nitrogens with two attached hydrogens (primary N) is 1. The molecule has 0 aliphatic carbocycles. The normalized spacial score (nSPS) is 27.3. The van der Waals surface area contributed by atoms with Crippen molar-refractivity contribution in [2.45, 2.75) is 0 Å². The molecule has 3 nitrogen and oxygen atoms in total. The molecule has 0 radical (unpaired) electrons. The fourth-order valence-corrected chi connectivity index (χ4v) is 0.832. The summed E-state index contributed by atoms with van der Waals surface area (Å²) in [6.45, 7) is 0. The van der Waals surface area contributed by atoms with E-state index in [-0.39, 0.29) is 0 Å². The van der Waals surface area contributed by atoms with E-state index in [0.717, 1.165) is 0 Å². The Hall–Kier alpha value is -0.400. The molecule has 0 aromatic rings. The van der Waals surface area contributed by atoms with Crippen molar-refractivity contribution < 1.29 is 0 Å². The van der Waals surface area contributed by atoms with E-state index in [9.17, 15) is 0 Å². The summed E-state index contributed by atoms with van der Waals surface area (Å²) in [5.74, 6) is 0. The fraction of sp³-hybridized carbons (Fsp3) is 0. The zero-order chi connectivity index (χ0) is 5.11. The molecule has 0 aromatic carbocycles. The summed E-state index contributed by atoms with van der Waals surface area (Å²) >= 11 is 0. The maximum Gasteiger partial charge on any atom is 0.189 e. The van der Waals surface area contributed by atoms with Crippen LogP contribution in [0.3, 0.4) is 0 Å². The van der Waals surface area contributed by atoms with Crippen LogP contribution in [0.2, 0.25) is 0 Å². The second-order valence-electron chi connectivity index (χ2n) is 1.10. The SMILES string of the molecule is NP1N=CC=CN1. The molecule has 1 unspecified atom stereocenters. The highest BCUT2D eigenvalue weighted by Crippen LogP contribution is 2.21. The molecule has 3 N–H and O–H groups in total. The van der Waals surface area contributed by atoms with Gasteiger partial charge in [0.2, 0.25) is 0 Å². The monoisotopic (exact) mass is 115 g/mol. The van der Waals surface area contributed by atoms with E-state index < -0.39 is 8.37 Å². The summed E-state index contributed by atoms with van der Waals surface area (Å²) in [6, 6.07) is 0. The van der Waals surface area contributed by atoms with Crippen LogP contribution in [0.15, 0.2) is 17.0 Å². The molecule has 0 saturated carbocycles. The molecular weight excluding hydrogens is 109 g/mol. The molecule has 7 heavy (non-hydrogen) atoms. The summed E-state index contributed by atoms with van der Waals surface area (Å²) in [5, 5.41) is 2.85. The molecule has 1 atom stereocenters. The van der Waals surface area contributed by atoms with E-state index in [1.54, 1.807) is 12.4 Å². The minimum absolute atomic E-state index is 0.759. The summed E-state index contributed by atoms with van der Waals surface area (Å²) in [6.07, 6.45) is 5.30. The van der Waals surface area contributed by atoms with Gasteiger partial charge in [0.15, 0.2) is 8.37 Å². The van der Waals surface area contributed by atoms with Crippen molar-refractivity contribution in [3.05, 3.63) is 12.3 Å². The summed E-state index contributed by atoms with van der Waals surface area (Å²) in [5.41, 5.74) is 5.34. The van der Waals surface area contributed by atoms with E-state index >= 15 is 0 Å². The van der Waals surface area contributed by atoms with Gasteiger partial charge in [-0.3, -0.25) is 5.50 Å². The highest BCUT2D eigenvalue weighted by Gasteiger charge is 1.92. The topological polar surface area (TPSA) is 50.4 Å². The van der Waals surface area contributed by atoms with E-state index in [1.165, 1.54) is 0 Å². The van der Waals surface area contributed by atoms with Crippen LogP contribution < -0.4 is 10.6 Å². The molecule has 1 heterocycles. The van der Waals surface area contributed by atoms with Crippen LogP contribution in [0, 0.1) is 0 Å². The van der Waals surface area contributed by atoms with E-state index in [2.05, 4.69) is 9.85 Å². The van der Waals surface area contributed by atoms with Gasteiger partial charge in [-0.15, -0.1) is 0 Å². The Bertz CT molecular complexity index is 109. The number of nitrogens with zero attached hydrogens (tertiary/aromatic N) is 1. The van der Waals surface area contributed by atoms with Crippen molar-refractivity contribution >= 4 is 14.6 Å². The summed E-state index contributed by atoms with van der Waals surface area (Å²) < 4.78 is 3.85. The predicted molar refractivity (Wildman–Crippen MR) is 31.9 cm³/mol. The lowest BCUT2D eigenvalue weighted by molar-refractivity contribution is 1.34. The van der Waals surface area contributed by atoms with Gasteiger partial charge in [0.1, 0.15) is 0 Å². The van der Waals surface area contributed by atoms with Crippen LogP contribution in [0.25, 0.3) is 0 Å². The predicted octanol–water partition coefficient (Wildman–Crippen LogP) is 0.360. The Labute approximate surface area is 43.2 Å². The Morgan fingerprint density at radius 1 is 1.71 bits per heavy atom. The molecule has 0 amide bonds. The van der Waals surface area contributed by atoms with E-state index in [0.29, 0.717) is 0 Å². The molecule has 1 aliphatic rings. The van der Waals surface area contributed by atoms with Gasteiger partial charge >= 0.3 is 0 Å². The Morgan fingerprint density at radius 3 is 2.86 bits per heavy atom. The average molecular weight is 115 g/mol. The van der Waals surface area contributed by atoms with Gasteiger partial charge in [-0.05, 0) is 6.08 Å². The summed E-state index contributed by atoms with van der Waals surface area (Å²) in [4.78, 5) is 0. The van der Waals surface area contributed by atoms with Gasteiger partial charge < -0.3 is 5.09 Å². The number of hydrogen-bond donors (Lipinski definition) is 2. The molecule has 4 heteroatoms. The minimum Gasteiger partial charge on any atom is -0.341 e. The Balaban J connectivity index is 2.49. The largest absolute Gasteiger partial charge is 0.341 e. The van der Waals surface area contributed by atoms with Gasteiger partial charge in [-0.25, -0.2) is 4.76 Å². The molecule has 0 saturated heterocycles. The van der Waals surface area contributed by atoms with Gasteiger partial charge in [0, 0.05) is 12.4 Å². The maximum absolute atomic E-state index is 5.34. The lowest BCUT2D eigenvalue weighted by Crippen LogP contribution is -2.04. The minimum atomic E-state index is -0.759. The Morgan fingerprint density at radius 2 is 2.57 bits per heavy atom. The van der Waals surface area contributed by atoms with Crippen LogP contribution in [-0.2, 0) is 0 Å². The third kappa shape index (κ3) is 1.26. The van der Waals surface area contributed by atoms with Crippen LogP contribution >= 0.6 is 8.37 Å². The van der Waals surface area contributed by atoms with E-state index in [1.807, 2.05) is 6.08 Å². The average Bonchev–Trinajstić information content (AvgIpc) is 1.69. The van der Waals surface area contributed by atoms with E-state index in [4.69, 9.17) is 5.50 Å². The summed E-state index contributed by atoms with van der Waals surface area (Å²) in [7, 11) is -0.759. The first-order valence-electron chi connectivity index (χ1n) is 1.90. The maximum atomic E-state index is 5.34. The number of rotatable bonds is 0. The number of hydrogen-bond acceptors (Lipinski definition) is 3. The smallest absolute Gasteiger partial charge is 0.189 e. The quantitative estimate of drug-likeness (QED) is 0.448. The van der Waals surface area contributed by atoms with Crippen LogP contribution in [-0.4, -0.2) is 6.21 Å². The van der Waals surface area contributed by atoms with Crippen molar-refractivity contribution in [1.82, 2.24) is 5.09 Å². The number of allylic oxidation sites excluding steroid dienone is 1. The third-order valence-corrected chi connectivity index (χ3v) is 1.38. The zero-order valence-corrected chi connectivity index (χ0v) is 4.60. The standard InChI is InChI=1S/C3H6N3P/c4-7-5-2-1-3-6-7/h1-3,5H,4H2. The molecule has 38 valence electrons. The zero-order valence-electron chi connectivity index (χ0n) is 3.70. The van der Waals surface area contributed by atoms with Crippen molar-refractivity contribution in [2.75, 3.05) is 0 Å². The molecule has 0 spiro atoms. The van der Waals surface area contributed by atoms with Crippen molar-refractivity contribution in [3.63, 3.8) is 0 Å². The molecule has 1 aliphatic heterocycles. The lowest BCUT2D eigenvalue weighted by Gasteiger charge is -2.05. The molecule has 0 aromatic heterocycles. The third-order valence-electron chi connectivity index (χ3n) is 0.580. The lowest BCUT2D eigenvalue weighted by atomic mass is 10.7. The van der Waals surface area contributed by atoms with Crippen molar-refractivity contribution in [2.24, 2.45) is 10.3 Å². The fourth-order valence-electron chi connectivity index (χ4n) is 0.306. The van der Waals surface area contributed by atoms with Crippen LogP contribution in [0.5, 0.6) is 0 Å². The van der Waals surface area contributed by atoms with Gasteiger partial charge in [-0.2, -0.15) is 0 Å². The van der Waals surface area contributed by atoms with Crippen LogP contribution in [0.1, 0.15) is 0 Å². The van der Waals surface area contributed by atoms with Gasteiger partial charge in [-0.1, -0.05) is 0 Å². The second kappa shape index (κ2) is 2.05.